The molecule has 18 heavy (non-hydrogen) atoms. The van der Waals surface area contributed by atoms with Crippen LogP contribution in [-0.2, 0) is 4.74 Å². The first-order valence-corrected chi connectivity index (χ1v) is 6.15. The molecule has 0 aromatic carbocycles. The van der Waals surface area contributed by atoms with Gasteiger partial charge in [-0.2, -0.15) is 0 Å². The van der Waals surface area contributed by atoms with Gasteiger partial charge in [0.2, 0.25) is 5.75 Å². The average molecular weight is 254 g/mol. The summed E-state index contributed by atoms with van der Waals surface area (Å²) in [7, 11) is 3.30. The van der Waals surface area contributed by atoms with E-state index in [1.165, 1.54) is 6.33 Å². The van der Waals surface area contributed by atoms with Gasteiger partial charge >= 0.3 is 0 Å². The van der Waals surface area contributed by atoms with Crippen LogP contribution < -0.4 is 15.4 Å². The average Bonchev–Trinajstić information content (AvgIpc) is 2.39. The van der Waals surface area contributed by atoms with E-state index in [0.717, 1.165) is 13.0 Å². The number of methoxy groups -OCH3 is 2. The monoisotopic (exact) mass is 254 g/mol. The van der Waals surface area contributed by atoms with Crippen LogP contribution in [0.4, 0.5) is 11.6 Å². The van der Waals surface area contributed by atoms with Crippen molar-refractivity contribution in [3.05, 3.63) is 6.33 Å². The van der Waals surface area contributed by atoms with E-state index >= 15 is 0 Å². The fourth-order valence-electron chi connectivity index (χ4n) is 1.62. The number of hydrogen-bond donors (Lipinski definition) is 2. The van der Waals surface area contributed by atoms with Crippen molar-refractivity contribution in [2.45, 2.75) is 26.3 Å². The Labute approximate surface area is 108 Å². The van der Waals surface area contributed by atoms with E-state index in [1.54, 1.807) is 14.2 Å². The van der Waals surface area contributed by atoms with Gasteiger partial charge in [-0.1, -0.05) is 6.92 Å². The van der Waals surface area contributed by atoms with Crippen molar-refractivity contribution >= 4 is 11.6 Å². The molecule has 1 aromatic rings. The Bertz CT molecular complexity index is 360. The van der Waals surface area contributed by atoms with Crippen molar-refractivity contribution in [1.82, 2.24) is 9.97 Å². The lowest BCUT2D eigenvalue weighted by atomic mass is 10.2. The van der Waals surface area contributed by atoms with Crippen molar-refractivity contribution in [3.8, 4) is 5.75 Å². The first-order valence-electron chi connectivity index (χ1n) is 6.15. The highest BCUT2D eigenvalue weighted by Gasteiger charge is 2.14. The van der Waals surface area contributed by atoms with E-state index in [1.807, 2.05) is 6.92 Å². The molecule has 1 aromatic heterocycles. The summed E-state index contributed by atoms with van der Waals surface area (Å²) in [5.74, 6) is 2.02. The van der Waals surface area contributed by atoms with Crippen LogP contribution in [0.1, 0.15) is 20.3 Å². The van der Waals surface area contributed by atoms with Crippen molar-refractivity contribution in [2.24, 2.45) is 0 Å². The summed E-state index contributed by atoms with van der Waals surface area (Å²) in [6, 6.07) is 0.202. The fourth-order valence-corrected chi connectivity index (χ4v) is 1.62. The fraction of sp³-hybridized carbons (Fsp3) is 0.667. The Kier molecular flexibility index (Phi) is 6.21. The van der Waals surface area contributed by atoms with Crippen molar-refractivity contribution in [3.63, 3.8) is 0 Å². The van der Waals surface area contributed by atoms with E-state index in [-0.39, 0.29) is 6.04 Å². The third-order valence-corrected chi connectivity index (χ3v) is 2.55. The lowest BCUT2D eigenvalue weighted by molar-refractivity contribution is 0.184. The first kappa shape index (κ1) is 14.5. The van der Waals surface area contributed by atoms with Crippen molar-refractivity contribution < 1.29 is 9.47 Å². The molecule has 0 bridgehead atoms. The zero-order valence-corrected chi connectivity index (χ0v) is 11.5. The smallest absolute Gasteiger partial charge is 0.204 e. The van der Waals surface area contributed by atoms with Gasteiger partial charge in [0.25, 0.3) is 0 Å². The number of nitrogens with one attached hydrogen (secondary N) is 2. The van der Waals surface area contributed by atoms with Gasteiger partial charge in [-0.05, 0) is 13.3 Å². The lowest BCUT2D eigenvalue weighted by Gasteiger charge is -2.19. The Balaban J connectivity index is 2.89. The molecule has 0 saturated carbocycles. The quantitative estimate of drug-likeness (QED) is 0.736. The summed E-state index contributed by atoms with van der Waals surface area (Å²) in [6.07, 6.45) is 2.46. The molecule has 1 unspecified atom stereocenters. The van der Waals surface area contributed by atoms with E-state index in [2.05, 4.69) is 27.5 Å². The highest BCUT2D eigenvalue weighted by atomic mass is 16.5. The molecule has 1 atom stereocenters. The van der Waals surface area contributed by atoms with Crippen LogP contribution in [-0.4, -0.2) is 43.4 Å². The van der Waals surface area contributed by atoms with E-state index in [0.29, 0.717) is 24.0 Å². The molecule has 2 N–H and O–H groups in total. The Morgan fingerprint density at radius 1 is 1.22 bits per heavy atom. The predicted octanol–water partition coefficient (Wildman–Crippen LogP) is 1.75. The van der Waals surface area contributed by atoms with E-state index < -0.39 is 0 Å². The topological polar surface area (TPSA) is 68.3 Å². The maximum Gasteiger partial charge on any atom is 0.204 e. The number of hydrogen-bond acceptors (Lipinski definition) is 6. The molecule has 0 fully saturated rings. The summed E-state index contributed by atoms with van der Waals surface area (Å²) in [4.78, 5) is 8.38. The summed E-state index contributed by atoms with van der Waals surface area (Å²) in [5.41, 5.74) is 0. The number of nitrogens with zero attached hydrogens (tertiary/aromatic N) is 2. The van der Waals surface area contributed by atoms with Crippen LogP contribution in [0.3, 0.4) is 0 Å². The van der Waals surface area contributed by atoms with Crippen LogP contribution >= 0.6 is 0 Å². The van der Waals surface area contributed by atoms with Gasteiger partial charge in [-0.3, -0.25) is 0 Å². The molecule has 102 valence electrons. The molecular formula is C12H22N4O2. The minimum atomic E-state index is 0.202. The molecule has 0 aliphatic rings. The molecule has 1 heterocycles. The van der Waals surface area contributed by atoms with Gasteiger partial charge in [0.15, 0.2) is 11.6 Å². The Morgan fingerprint density at radius 2 is 1.94 bits per heavy atom. The lowest BCUT2D eigenvalue weighted by Crippen LogP contribution is -2.25. The third kappa shape index (κ3) is 3.73. The summed E-state index contributed by atoms with van der Waals surface area (Å²) >= 11 is 0. The zero-order valence-electron chi connectivity index (χ0n) is 11.5. The van der Waals surface area contributed by atoms with Crippen LogP contribution in [0, 0.1) is 0 Å². The third-order valence-electron chi connectivity index (χ3n) is 2.55. The molecule has 6 nitrogen and oxygen atoms in total. The van der Waals surface area contributed by atoms with Gasteiger partial charge in [0.1, 0.15) is 6.33 Å². The largest absolute Gasteiger partial charge is 0.490 e. The highest BCUT2D eigenvalue weighted by molar-refractivity contribution is 5.63. The summed E-state index contributed by atoms with van der Waals surface area (Å²) in [5, 5.41) is 6.45. The molecule has 1 rings (SSSR count). The summed E-state index contributed by atoms with van der Waals surface area (Å²) < 4.78 is 10.5. The van der Waals surface area contributed by atoms with E-state index in [9.17, 15) is 0 Å². The van der Waals surface area contributed by atoms with Crippen molar-refractivity contribution in [1.29, 1.82) is 0 Å². The second-order valence-electron chi connectivity index (χ2n) is 3.84. The number of rotatable bonds is 8. The Morgan fingerprint density at radius 3 is 2.50 bits per heavy atom. The second-order valence-corrected chi connectivity index (χ2v) is 3.84. The van der Waals surface area contributed by atoms with Crippen LogP contribution in [0.2, 0.25) is 0 Å². The van der Waals surface area contributed by atoms with Crippen LogP contribution in [0.25, 0.3) is 0 Å². The van der Waals surface area contributed by atoms with Gasteiger partial charge < -0.3 is 20.1 Å². The summed E-state index contributed by atoms with van der Waals surface area (Å²) in [6.45, 7) is 5.51. The molecule has 0 aliphatic carbocycles. The molecule has 0 aliphatic heterocycles. The molecule has 0 spiro atoms. The molecular weight excluding hydrogens is 232 g/mol. The predicted molar refractivity (Wildman–Crippen MR) is 72.3 cm³/mol. The minimum absolute atomic E-state index is 0.202. The number of anilines is 2. The minimum Gasteiger partial charge on any atom is -0.490 e. The first-order chi connectivity index (χ1) is 8.76. The molecule has 0 saturated heterocycles. The normalized spacial score (nSPS) is 12.0. The molecule has 0 radical (unpaired) electrons. The standard InChI is InChI=1S/C12H22N4O2/c1-5-9(7-17-3)16-12-10(18-4)11(13-6-2)14-8-15-12/h8-9H,5-7H2,1-4H3,(H2,13,14,15,16). The van der Waals surface area contributed by atoms with Crippen LogP contribution in [0.5, 0.6) is 5.75 Å². The van der Waals surface area contributed by atoms with Crippen LogP contribution in [0.15, 0.2) is 6.33 Å². The van der Waals surface area contributed by atoms with Gasteiger partial charge in [-0.25, -0.2) is 9.97 Å². The Hall–Kier alpha value is -1.56. The van der Waals surface area contributed by atoms with Gasteiger partial charge in [0.05, 0.1) is 19.8 Å². The molecule has 6 heteroatoms. The zero-order chi connectivity index (χ0) is 13.4. The second kappa shape index (κ2) is 7.71. The number of aromatic nitrogens is 2. The van der Waals surface area contributed by atoms with Crippen molar-refractivity contribution in [2.75, 3.05) is 38.0 Å². The van der Waals surface area contributed by atoms with E-state index in [4.69, 9.17) is 9.47 Å². The molecule has 0 amide bonds. The maximum atomic E-state index is 5.36. The van der Waals surface area contributed by atoms with Gasteiger partial charge in [-0.15, -0.1) is 0 Å². The maximum absolute atomic E-state index is 5.36. The van der Waals surface area contributed by atoms with Gasteiger partial charge in [0, 0.05) is 13.7 Å². The SMILES string of the molecule is CCNc1ncnc(NC(CC)COC)c1OC. The number of ether oxygens (including phenoxy) is 2. The highest BCUT2D eigenvalue weighted by Crippen LogP contribution is 2.29.